The molecule has 0 saturated carbocycles. The second-order valence-corrected chi connectivity index (χ2v) is 8.27. The molecule has 1 fully saturated rings. The molecule has 24 heavy (non-hydrogen) atoms. The molecule has 1 aliphatic rings. The van der Waals surface area contributed by atoms with Crippen LogP contribution < -0.4 is 5.32 Å². The lowest BCUT2D eigenvalue weighted by molar-refractivity contribution is -0.387. The summed E-state index contributed by atoms with van der Waals surface area (Å²) in [4.78, 5) is 14.7. The van der Waals surface area contributed by atoms with Crippen molar-refractivity contribution in [3.8, 4) is 0 Å². The highest BCUT2D eigenvalue weighted by Gasteiger charge is 2.23. The molecule has 0 bridgehead atoms. The molecule has 134 valence electrons. The number of nitrogens with one attached hydrogen (secondary N) is 1. The van der Waals surface area contributed by atoms with Crippen LogP contribution in [0.2, 0.25) is 0 Å². The van der Waals surface area contributed by atoms with E-state index in [2.05, 4.69) is 29.1 Å². The van der Waals surface area contributed by atoms with Crippen molar-refractivity contribution in [2.75, 3.05) is 51.3 Å². The van der Waals surface area contributed by atoms with Crippen LogP contribution in [0.4, 0.5) is 11.4 Å². The van der Waals surface area contributed by atoms with Crippen molar-refractivity contribution in [1.82, 2.24) is 9.80 Å². The number of rotatable bonds is 6. The standard InChI is InChI=1S/C15H24N4O4S/c1-12(18-8-6-17(2)7-9-18)11-16-13-4-5-14(19(20)21)15(10-13)24(3,22)23/h4-5,10,12,16H,6-9,11H2,1-3H3. The van der Waals surface area contributed by atoms with E-state index in [0.29, 0.717) is 12.2 Å². The molecule has 1 aliphatic heterocycles. The minimum atomic E-state index is -3.66. The summed E-state index contributed by atoms with van der Waals surface area (Å²) in [5.74, 6) is 0. The Hall–Kier alpha value is -1.71. The Labute approximate surface area is 142 Å². The largest absolute Gasteiger partial charge is 0.383 e. The summed E-state index contributed by atoms with van der Waals surface area (Å²) in [6, 6.07) is 4.41. The molecule has 1 saturated heterocycles. The van der Waals surface area contributed by atoms with E-state index in [1.165, 1.54) is 12.1 Å². The molecule has 1 heterocycles. The second kappa shape index (κ2) is 7.45. The van der Waals surface area contributed by atoms with E-state index in [9.17, 15) is 18.5 Å². The number of benzene rings is 1. The highest BCUT2D eigenvalue weighted by molar-refractivity contribution is 7.90. The second-order valence-electron chi connectivity index (χ2n) is 6.28. The van der Waals surface area contributed by atoms with Crippen LogP contribution in [-0.4, -0.2) is 75.2 Å². The number of hydrogen-bond acceptors (Lipinski definition) is 7. The maximum atomic E-state index is 11.8. The summed E-state index contributed by atoms with van der Waals surface area (Å²) in [7, 11) is -1.56. The van der Waals surface area contributed by atoms with Gasteiger partial charge in [-0.15, -0.1) is 0 Å². The number of anilines is 1. The van der Waals surface area contributed by atoms with Crippen molar-refractivity contribution < 1.29 is 13.3 Å². The van der Waals surface area contributed by atoms with Crippen LogP contribution in [-0.2, 0) is 9.84 Å². The van der Waals surface area contributed by atoms with Crippen molar-refractivity contribution in [2.45, 2.75) is 17.9 Å². The average molecular weight is 356 g/mol. The molecule has 1 atom stereocenters. The van der Waals surface area contributed by atoms with Gasteiger partial charge in [0, 0.05) is 56.8 Å². The Bertz CT molecular complexity index is 699. The van der Waals surface area contributed by atoms with Crippen LogP contribution in [0.3, 0.4) is 0 Å². The third kappa shape index (κ3) is 4.65. The molecular weight excluding hydrogens is 332 g/mol. The molecule has 0 aliphatic carbocycles. The average Bonchev–Trinajstić information content (AvgIpc) is 2.52. The van der Waals surface area contributed by atoms with E-state index < -0.39 is 20.4 Å². The van der Waals surface area contributed by atoms with E-state index in [-0.39, 0.29) is 10.9 Å². The summed E-state index contributed by atoms with van der Waals surface area (Å²) in [6.07, 6.45) is 0.978. The van der Waals surface area contributed by atoms with E-state index in [4.69, 9.17) is 0 Å². The lowest BCUT2D eigenvalue weighted by atomic mass is 10.2. The van der Waals surface area contributed by atoms with Crippen molar-refractivity contribution in [2.24, 2.45) is 0 Å². The number of sulfone groups is 1. The topological polar surface area (TPSA) is 95.8 Å². The maximum absolute atomic E-state index is 11.8. The van der Waals surface area contributed by atoms with E-state index >= 15 is 0 Å². The summed E-state index contributed by atoms with van der Waals surface area (Å²) < 4.78 is 23.6. The number of nitrogens with zero attached hydrogens (tertiary/aromatic N) is 3. The Balaban J connectivity index is 2.06. The van der Waals surface area contributed by atoms with Crippen LogP contribution in [0.1, 0.15) is 6.92 Å². The van der Waals surface area contributed by atoms with E-state index in [1.54, 1.807) is 6.07 Å². The molecule has 1 N–H and O–H groups in total. The van der Waals surface area contributed by atoms with Crippen molar-refractivity contribution in [1.29, 1.82) is 0 Å². The fourth-order valence-electron chi connectivity index (χ4n) is 2.73. The van der Waals surface area contributed by atoms with Crippen molar-refractivity contribution in [3.05, 3.63) is 28.3 Å². The number of piperazine rings is 1. The number of nitro groups is 1. The first-order valence-corrected chi connectivity index (χ1v) is 9.72. The molecule has 1 unspecified atom stereocenters. The minimum Gasteiger partial charge on any atom is -0.383 e. The summed E-state index contributed by atoms with van der Waals surface area (Å²) >= 11 is 0. The van der Waals surface area contributed by atoms with Gasteiger partial charge in [-0.1, -0.05) is 0 Å². The molecule has 0 aromatic heterocycles. The SMILES string of the molecule is CC(CNc1ccc([N+](=O)[O-])c(S(C)(=O)=O)c1)N1CCN(C)CC1. The predicted molar refractivity (Wildman–Crippen MR) is 93.2 cm³/mol. The van der Waals surface area contributed by atoms with Crippen LogP contribution in [0.15, 0.2) is 23.1 Å². The summed E-state index contributed by atoms with van der Waals surface area (Å²) in [6.45, 7) is 6.80. The normalized spacial score (nSPS) is 18.3. The Morgan fingerprint density at radius 1 is 1.29 bits per heavy atom. The molecule has 1 aromatic rings. The van der Waals surface area contributed by atoms with E-state index in [1.807, 2.05) is 0 Å². The van der Waals surface area contributed by atoms with Gasteiger partial charge in [-0.3, -0.25) is 15.0 Å². The van der Waals surface area contributed by atoms with Gasteiger partial charge < -0.3 is 10.2 Å². The first-order valence-electron chi connectivity index (χ1n) is 7.83. The number of likely N-dealkylation sites (N-methyl/N-ethyl adjacent to an activating group) is 1. The monoisotopic (exact) mass is 356 g/mol. The van der Waals surface area contributed by atoms with Gasteiger partial charge in [0.05, 0.1) is 4.92 Å². The minimum absolute atomic E-state index is 0.259. The van der Waals surface area contributed by atoms with Gasteiger partial charge in [-0.05, 0) is 26.1 Å². The smallest absolute Gasteiger partial charge is 0.288 e. The third-order valence-electron chi connectivity index (χ3n) is 4.32. The van der Waals surface area contributed by atoms with Gasteiger partial charge in [-0.25, -0.2) is 8.42 Å². The Morgan fingerprint density at radius 3 is 2.46 bits per heavy atom. The lowest BCUT2D eigenvalue weighted by Crippen LogP contribution is -2.49. The number of hydrogen-bond donors (Lipinski definition) is 1. The zero-order valence-corrected chi connectivity index (χ0v) is 15.0. The molecule has 1 aromatic carbocycles. The van der Waals surface area contributed by atoms with Gasteiger partial charge in [-0.2, -0.15) is 0 Å². The zero-order valence-electron chi connectivity index (χ0n) is 14.2. The maximum Gasteiger partial charge on any atom is 0.288 e. The predicted octanol–water partition coefficient (Wildman–Crippen LogP) is 1.05. The first kappa shape index (κ1) is 18.6. The van der Waals surface area contributed by atoms with Crippen LogP contribution >= 0.6 is 0 Å². The molecule has 0 amide bonds. The van der Waals surface area contributed by atoms with Crippen LogP contribution in [0, 0.1) is 10.1 Å². The molecule has 2 rings (SSSR count). The Morgan fingerprint density at radius 2 is 1.92 bits per heavy atom. The fourth-order valence-corrected chi connectivity index (χ4v) is 3.59. The van der Waals surface area contributed by atoms with Gasteiger partial charge in [0.2, 0.25) is 0 Å². The molecular formula is C15H24N4O4S. The zero-order chi connectivity index (χ0) is 17.9. The van der Waals surface area contributed by atoms with Crippen molar-refractivity contribution in [3.63, 3.8) is 0 Å². The fraction of sp³-hybridized carbons (Fsp3) is 0.600. The highest BCUT2D eigenvalue weighted by atomic mass is 32.2. The molecule has 0 spiro atoms. The summed E-state index contributed by atoms with van der Waals surface area (Å²) in [5.41, 5.74) is 0.178. The lowest BCUT2D eigenvalue weighted by Gasteiger charge is -2.36. The van der Waals surface area contributed by atoms with Gasteiger partial charge in [0.25, 0.3) is 5.69 Å². The molecule has 8 nitrogen and oxygen atoms in total. The summed E-state index contributed by atoms with van der Waals surface area (Å²) in [5, 5.41) is 14.2. The van der Waals surface area contributed by atoms with Crippen LogP contribution in [0.25, 0.3) is 0 Å². The molecule has 0 radical (unpaired) electrons. The van der Waals surface area contributed by atoms with Gasteiger partial charge in [0.15, 0.2) is 9.84 Å². The number of nitro benzene ring substituents is 1. The third-order valence-corrected chi connectivity index (χ3v) is 5.44. The van der Waals surface area contributed by atoms with E-state index in [0.717, 1.165) is 32.4 Å². The Kier molecular flexibility index (Phi) is 5.79. The molecule has 9 heteroatoms. The van der Waals surface area contributed by atoms with Crippen molar-refractivity contribution >= 4 is 21.2 Å². The van der Waals surface area contributed by atoms with Gasteiger partial charge in [0.1, 0.15) is 4.90 Å². The first-order chi connectivity index (χ1) is 11.2. The van der Waals surface area contributed by atoms with Gasteiger partial charge >= 0.3 is 0 Å². The van der Waals surface area contributed by atoms with Crippen LogP contribution in [0.5, 0.6) is 0 Å². The quantitative estimate of drug-likeness (QED) is 0.601. The highest BCUT2D eigenvalue weighted by Crippen LogP contribution is 2.27.